The fourth-order valence-electron chi connectivity index (χ4n) is 4.30. The maximum Gasteiger partial charge on any atom is 0.259 e. The van der Waals surface area contributed by atoms with Gasteiger partial charge in [-0.3, -0.25) is 4.79 Å². The van der Waals surface area contributed by atoms with E-state index in [1.807, 2.05) is 37.3 Å². The zero-order valence-corrected chi connectivity index (χ0v) is 20.5. The van der Waals surface area contributed by atoms with Crippen molar-refractivity contribution >= 4 is 27.1 Å². The molecule has 4 rings (SSSR count). The molecular weight excluding hydrogens is 470 g/mol. The van der Waals surface area contributed by atoms with Crippen molar-refractivity contribution < 1.29 is 17.8 Å². The van der Waals surface area contributed by atoms with Crippen molar-refractivity contribution in [2.75, 3.05) is 29.6 Å². The Balaban J connectivity index is 1.77. The number of nitrogens with zero attached hydrogens (tertiary/aromatic N) is 2. The van der Waals surface area contributed by atoms with Crippen molar-refractivity contribution in [3.8, 4) is 11.1 Å². The molecular formula is C26H28F2N4O2S. The van der Waals surface area contributed by atoms with Crippen LogP contribution in [0, 0.1) is 11.7 Å². The summed E-state index contributed by atoms with van der Waals surface area (Å²) in [5.41, 5.74) is 3.06. The lowest BCUT2D eigenvalue weighted by Gasteiger charge is -2.26. The number of halogens is 2. The van der Waals surface area contributed by atoms with Crippen LogP contribution < -0.4 is 10.2 Å². The van der Waals surface area contributed by atoms with E-state index in [2.05, 4.69) is 10.3 Å². The molecule has 0 aliphatic carbocycles. The summed E-state index contributed by atoms with van der Waals surface area (Å²) in [5, 5.41) is 2.84. The Hall–Kier alpha value is -3.33. The monoisotopic (exact) mass is 498 g/mol. The molecule has 2 aromatic carbocycles. The zero-order chi connectivity index (χ0) is 25.2. The second kappa shape index (κ2) is 9.73. The van der Waals surface area contributed by atoms with Crippen LogP contribution in [-0.2, 0) is 9.73 Å². The molecule has 1 fully saturated rings. The Morgan fingerprint density at radius 2 is 1.86 bits per heavy atom. The van der Waals surface area contributed by atoms with Gasteiger partial charge in [0.25, 0.3) is 5.91 Å². The minimum atomic E-state index is -2.96. The number of rotatable bonds is 5. The number of pyridine rings is 1. The summed E-state index contributed by atoms with van der Waals surface area (Å²) in [6.45, 7) is 2.30. The summed E-state index contributed by atoms with van der Waals surface area (Å²) in [4.78, 5) is 20.3. The van der Waals surface area contributed by atoms with Gasteiger partial charge in [-0.2, -0.15) is 0 Å². The van der Waals surface area contributed by atoms with Crippen molar-refractivity contribution in [1.29, 1.82) is 4.78 Å². The van der Waals surface area contributed by atoms with Gasteiger partial charge in [0.05, 0.1) is 15.3 Å². The SMILES string of the molecule is Cc1c(-c2ccccc2)cnc(N2CCCC(F)(F)CC2)c1C(=O)Nc1cccc(S(C)(=N)=O)c1. The molecule has 6 nitrogen and oxygen atoms in total. The van der Waals surface area contributed by atoms with E-state index in [0.717, 1.165) is 11.1 Å². The van der Waals surface area contributed by atoms with Gasteiger partial charge in [0.1, 0.15) is 5.82 Å². The highest BCUT2D eigenvalue weighted by molar-refractivity contribution is 7.91. The minimum absolute atomic E-state index is 0.0939. The number of hydrogen-bond acceptors (Lipinski definition) is 5. The lowest BCUT2D eigenvalue weighted by molar-refractivity contribution is -0.0102. The van der Waals surface area contributed by atoms with E-state index in [1.54, 1.807) is 29.3 Å². The first-order valence-corrected chi connectivity index (χ1v) is 13.3. The molecule has 1 amide bonds. The van der Waals surface area contributed by atoms with Gasteiger partial charge in [-0.1, -0.05) is 36.4 Å². The number of carbonyl (C=O) groups excluding carboxylic acids is 1. The van der Waals surface area contributed by atoms with Gasteiger partial charge in [0.2, 0.25) is 5.92 Å². The van der Waals surface area contributed by atoms with Gasteiger partial charge in [-0.05, 0) is 42.7 Å². The number of amides is 1. The van der Waals surface area contributed by atoms with E-state index in [1.165, 1.54) is 12.3 Å². The number of hydrogen-bond donors (Lipinski definition) is 2. The van der Waals surface area contributed by atoms with Gasteiger partial charge in [0, 0.05) is 54.5 Å². The summed E-state index contributed by atoms with van der Waals surface area (Å²) in [6.07, 6.45) is 2.81. The van der Waals surface area contributed by atoms with E-state index < -0.39 is 21.6 Å². The Bertz CT molecular complexity index is 1340. The highest BCUT2D eigenvalue weighted by Gasteiger charge is 2.33. The number of anilines is 2. The first-order chi connectivity index (χ1) is 16.5. The standard InChI is InChI=1S/C26H28F2N4O2S/c1-18-22(19-8-4-3-5-9-19)17-30-24(32-14-7-12-26(27,28)13-15-32)23(18)25(33)31-20-10-6-11-21(16-20)35(2,29)34/h3-6,8-11,16-17,29H,7,12-15H2,1-2H3,(H,31,33). The summed E-state index contributed by atoms with van der Waals surface area (Å²) < 4.78 is 48.1. The fourth-order valence-corrected chi connectivity index (χ4v) is 4.99. The first-order valence-electron chi connectivity index (χ1n) is 11.4. The lowest BCUT2D eigenvalue weighted by atomic mass is 9.97. The van der Waals surface area contributed by atoms with Crippen LogP contribution in [0.3, 0.4) is 0 Å². The molecule has 1 saturated heterocycles. The molecule has 2 N–H and O–H groups in total. The number of nitrogens with one attached hydrogen (secondary N) is 2. The molecule has 35 heavy (non-hydrogen) atoms. The molecule has 1 atom stereocenters. The Morgan fingerprint density at radius 1 is 1.11 bits per heavy atom. The number of carbonyl (C=O) groups is 1. The third-order valence-corrected chi connectivity index (χ3v) is 7.34. The number of aromatic nitrogens is 1. The Kier molecular flexibility index (Phi) is 6.89. The fraction of sp³-hybridized carbons (Fsp3) is 0.308. The molecule has 0 saturated carbocycles. The van der Waals surface area contributed by atoms with E-state index in [0.29, 0.717) is 40.5 Å². The van der Waals surface area contributed by atoms with Crippen LogP contribution >= 0.6 is 0 Å². The molecule has 0 bridgehead atoms. The first kappa shape index (κ1) is 24.8. The van der Waals surface area contributed by atoms with Crippen LogP contribution in [0.4, 0.5) is 20.3 Å². The number of alkyl halides is 2. The van der Waals surface area contributed by atoms with E-state index in [9.17, 15) is 17.8 Å². The largest absolute Gasteiger partial charge is 0.356 e. The third-order valence-electron chi connectivity index (χ3n) is 6.19. The topological polar surface area (TPSA) is 86.2 Å². The molecule has 1 aliphatic heterocycles. The van der Waals surface area contributed by atoms with Crippen molar-refractivity contribution in [2.45, 2.75) is 37.0 Å². The smallest absolute Gasteiger partial charge is 0.259 e. The van der Waals surface area contributed by atoms with Gasteiger partial charge >= 0.3 is 0 Å². The van der Waals surface area contributed by atoms with Crippen molar-refractivity contribution in [2.24, 2.45) is 0 Å². The summed E-state index contributed by atoms with van der Waals surface area (Å²) in [7, 11) is -2.96. The van der Waals surface area contributed by atoms with Gasteiger partial charge in [0.15, 0.2) is 0 Å². The average molecular weight is 499 g/mol. The lowest BCUT2D eigenvalue weighted by Crippen LogP contribution is -2.30. The molecule has 9 heteroatoms. The van der Waals surface area contributed by atoms with Crippen molar-refractivity contribution in [1.82, 2.24) is 4.98 Å². The quantitative estimate of drug-likeness (QED) is 0.454. The molecule has 0 spiro atoms. The van der Waals surface area contributed by atoms with Gasteiger partial charge < -0.3 is 10.2 Å². The normalized spacial score (nSPS) is 17.3. The van der Waals surface area contributed by atoms with E-state index in [4.69, 9.17) is 4.78 Å². The van der Waals surface area contributed by atoms with Crippen LogP contribution in [-0.4, -0.2) is 40.4 Å². The Morgan fingerprint density at radius 3 is 2.57 bits per heavy atom. The van der Waals surface area contributed by atoms with Gasteiger partial charge in [-0.15, -0.1) is 0 Å². The summed E-state index contributed by atoms with van der Waals surface area (Å²) in [6, 6.07) is 15.9. The van der Waals surface area contributed by atoms with E-state index >= 15 is 0 Å². The molecule has 1 aromatic heterocycles. The predicted molar refractivity (Wildman–Crippen MR) is 135 cm³/mol. The molecule has 1 unspecified atom stereocenters. The molecule has 1 aliphatic rings. The second-order valence-electron chi connectivity index (χ2n) is 8.88. The maximum absolute atomic E-state index is 14.0. The maximum atomic E-state index is 14.0. The minimum Gasteiger partial charge on any atom is -0.356 e. The zero-order valence-electron chi connectivity index (χ0n) is 19.7. The van der Waals surface area contributed by atoms with Crippen LogP contribution in [0.1, 0.15) is 35.2 Å². The van der Waals surface area contributed by atoms with Crippen molar-refractivity contribution in [3.05, 3.63) is 71.9 Å². The predicted octanol–water partition coefficient (Wildman–Crippen LogP) is 5.97. The van der Waals surface area contributed by atoms with Crippen LogP contribution in [0.15, 0.2) is 65.7 Å². The second-order valence-corrected chi connectivity index (χ2v) is 11.0. The summed E-state index contributed by atoms with van der Waals surface area (Å²) in [5.74, 6) is -2.81. The average Bonchev–Trinajstić information content (AvgIpc) is 2.99. The van der Waals surface area contributed by atoms with Crippen LogP contribution in [0.5, 0.6) is 0 Å². The number of benzene rings is 2. The van der Waals surface area contributed by atoms with E-state index in [-0.39, 0.29) is 19.4 Å². The summed E-state index contributed by atoms with van der Waals surface area (Å²) >= 11 is 0. The molecule has 2 heterocycles. The highest BCUT2D eigenvalue weighted by atomic mass is 32.2. The van der Waals surface area contributed by atoms with Crippen molar-refractivity contribution in [3.63, 3.8) is 0 Å². The van der Waals surface area contributed by atoms with Gasteiger partial charge in [-0.25, -0.2) is 22.8 Å². The molecule has 184 valence electrons. The van der Waals surface area contributed by atoms with Crippen LogP contribution in [0.2, 0.25) is 0 Å². The molecule has 0 radical (unpaired) electrons. The highest BCUT2D eigenvalue weighted by Crippen LogP contribution is 2.34. The Labute approximate surface area is 204 Å². The molecule has 3 aromatic rings. The third kappa shape index (κ3) is 5.67. The van der Waals surface area contributed by atoms with Crippen LogP contribution in [0.25, 0.3) is 11.1 Å².